The van der Waals surface area contributed by atoms with Crippen molar-refractivity contribution < 1.29 is 4.79 Å². The molecule has 0 N–H and O–H groups in total. The standard InChI is InChI=1S/C10H13N3O/c14-10(9-5-4-6-11-12-9)13-7-2-1-3-8-13/h4-6H,1-3,7-8H2. The molecule has 0 aromatic carbocycles. The fourth-order valence-electron chi connectivity index (χ4n) is 1.67. The quantitative estimate of drug-likeness (QED) is 0.667. The van der Waals surface area contributed by atoms with Gasteiger partial charge >= 0.3 is 0 Å². The lowest BCUT2D eigenvalue weighted by Gasteiger charge is -2.25. The number of rotatable bonds is 1. The van der Waals surface area contributed by atoms with Crippen LogP contribution in [0.15, 0.2) is 18.3 Å². The van der Waals surface area contributed by atoms with Crippen LogP contribution in [0.4, 0.5) is 0 Å². The minimum Gasteiger partial charge on any atom is -0.337 e. The molecule has 2 rings (SSSR count). The first kappa shape index (κ1) is 9.12. The van der Waals surface area contributed by atoms with Crippen molar-refractivity contribution in [1.82, 2.24) is 15.1 Å². The third-order valence-corrected chi connectivity index (χ3v) is 2.43. The predicted molar refractivity (Wildman–Crippen MR) is 51.8 cm³/mol. The highest BCUT2D eigenvalue weighted by molar-refractivity contribution is 5.92. The predicted octanol–water partition coefficient (Wildman–Crippen LogP) is 1.10. The zero-order valence-corrected chi connectivity index (χ0v) is 8.02. The molecule has 0 bridgehead atoms. The van der Waals surface area contributed by atoms with E-state index in [0.29, 0.717) is 5.69 Å². The van der Waals surface area contributed by atoms with Gasteiger partial charge in [0.25, 0.3) is 5.91 Å². The molecule has 0 unspecified atom stereocenters. The van der Waals surface area contributed by atoms with Crippen LogP contribution >= 0.6 is 0 Å². The maximum absolute atomic E-state index is 11.8. The van der Waals surface area contributed by atoms with E-state index in [2.05, 4.69) is 10.2 Å². The Balaban J connectivity index is 2.07. The average Bonchev–Trinajstić information content (AvgIpc) is 2.30. The zero-order valence-electron chi connectivity index (χ0n) is 8.02. The van der Waals surface area contributed by atoms with Crippen LogP contribution in [0.2, 0.25) is 0 Å². The van der Waals surface area contributed by atoms with Gasteiger partial charge in [-0.15, -0.1) is 5.10 Å². The van der Waals surface area contributed by atoms with Crippen molar-refractivity contribution in [3.05, 3.63) is 24.0 Å². The molecule has 1 saturated heterocycles. The topological polar surface area (TPSA) is 46.1 Å². The highest BCUT2D eigenvalue weighted by atomic mass is 16.2. The molecule has 1 amide bonds. The monoisotopic (exact) mass is 191 g/mol. The summed E-state index contributed by atoms with van der Waals surface area (Å²) in [6.45, 7) is 1.71. The van der Waals surface area contributed by atoms with Gasteiger partial charge in [-0.25, -0.2) is 0 Å². The van der Waals surface area contributed by atoms with Gasteiger partial charge in [0.1, 0.15) is 0 Å². The second kappa shape index (κ2) is 4.17. The van der Waals surface area contributed by atoms with Crippen molar-refractivity contribution >= 4 is 5.91 Å². The molecule has 4 heteroatoms. The van der Waals surface area contributed by atoms with E-state index in [4.69, 9.17) is 0 Å². The van der Waals surface area contributed by atoms with Crippen LogP contribution in [-0.2, 0) is 0 Å². The Morgan fingerprint density at radius 2 is 2.07 bits per heavy atom. The van der Waals surface area contributed by atoms with E-state index in [9.17, 15) is 4.79 Å². The van der Waals surface area contributed by atoms with Crippen molar-refractivity contribution in [2.75, 3.05) is 13.1 Å². The molecule has 1 aliphatic heterocycles. The summed E-state index contributed by atoms with van der Waals surface area (Å²) in [7, 11) is 0. The van der Waals surface area contributed by atoms with E-state index in [1.54, 1.807) is 18.3 Å². The molecule has 2 heterocycles. The minimum atomic E-state index is 0.0119. The van der Waals surface area contributed by atoms with Crippen LogP contribution in [0.5, 0.6) is 0 Å². The fraction of sp³-hybridized carbons (Fsp3) is 0.500. The Morgan fingerprint density at radius 3 is 2.71 bits per heavy atom. The maximum Gasteiger partial charge on any atom is 0.274 e. The fourth-order valence-corrected chi connectivity index (χ4v) is 1.67. The molecule has 14 heavy (non-hydrogen) atoms. The van der Waals surface area contributed by atoms with Gasteiger partial charge in [-0.2, -0.15) is 5.10 Å². The summed E-state index contributed by atoms with van der Waals surface area (Å²) in [5.74, 6) is 0.0119. The van der Waals surface area contributed by atoms with Crippen LogP contribution < -0.4 is 0 Å². The first-order valence-corrected chi connectivity index (χ1v) is 4.95. The average molecular weight is 191 g/mol. The normalized spacial score (nSPS) is 16.7. The SMILES string of the molecule is O=C(c1cccnn1)N1CCCCC1. The van der Waals surface area contributed by atoms with E-state index < -0.39 is 0 Å². The summed E-state index contributed by atoms with van der Waals surface area (Å²) < 4.78 is 0. The first-order chi connectivity index (χ1) is 6.88. The lowest BCUT2D eigenvalue weighted by Crippen LogP contribution is -2.36. The number of piperidine rings is 1. The largest absolute Gasteiger partial charge is 0.337 e. The van der Waals surface area contributed by atoms with Crippen molar-refractivity contribution in [3.8, 4) is 0 Å². The lowest BCUT2D eigenvalue weighted by atomic mass is 10.1. The highest BCUT2D eigenvalue weighted by Crippen LogP contribution is 2.11. The smallest absolute Gasteiger partial charge is 0.274 e. The number of nitrogens with zero attached hydrogens (tertiary/aromatic N) is 3. The molecule has 1 aromatic heterocycles. The summed E-state index contributed by atoms with van der Waals surface area (Å²) in [5, 5.41) is 7.52. The number of likely N-dealkylation sites (tertiary alicyclic amines) is 1. The number of hydrogen-bond acceptors (Lipinski definition) is 3. The van der Waals surface area contributed by atoms with Gasteiger partial charge in [0.2, 0.25) is 0 Å². The Bertz CT molecular complexity index is 306. The van der Waals surface area contributed by atoms with Gasteiger partial charge in [-0.3, -0.25) is 4.79 Å². The summed E-state index contributed by atoms with van der Waals surface area (Å²) in [6, 6.07) is 3.45. The van der Waals surface area contributed by atoms with Crippen LogP contribution in [-0.4, -0.2) is 34.1 Å². The molecule has 0 saturated carbocycles. The van der Waals surface area contributed by atoms with Crippen LogP contribution in [0.3, 0.4) is 0 Å². The van der Waals surface area contributed by atoms with Gasteiger partial charge in [0.15, 0.2) is 5.69 Å². The molecular weight excluding hydrogens is 178 g/mol. The Labute approximate surface area is 82.9 Å². The number of hydrogen-bond donors (Lipinski definition) is 0. The van der Waals surface area contributed by atoms with Crippen molar-refractivity contribution in [1.29, 1.82) is 0 Å². The van der Waals surface area contributed by atoms with Gasteiger partial charge < -0.3 is 4.90 Å². The van der Waals surface area contributed by atoms with Crippen LogP contribution in [0.1, 0.15) is 29.8 Å². The number of carbonyl (C=O) groups is 1. The second-order valence-corrected chi connectivity index (χ2v) is 3.46. The van der Waals surface area contributed by atoms with E-state index >= 15 is 0 Å². The number of carbonyl (C=O) groups excluding carboxylic acids is 1. The molecule has 0 radical (unpaired) electrons. The van der Waals surface area contributed by atoms with Crippen molar-refractivity contribution in [2.45, 2.75) is 19.3 Å². The molecule has 74 valence electrons. The van der Waals surface area contributed by atoms with Gasteiger partial charge in [-0.05, 0) is 31.4 Å². The Hall–Kier alpha value is -1.45. The third-order valence-electron chi connectivity index (χ3n) is 2.43. The number of amides is 1. The molecule has 4 nitrogen and oxygen atoms in total. The third kappa shape index (κ3) is 1.89. The van der Waals surface area contributed by atoms with Crippen molar-refractivity contribution in [2.24, 2.45) is 0 Å². The lowest BCUT2D eigenvalue weighted by molar-refractivity contribution is 0.0717. The molecule has 1 fully saturated rings. The highest BCUT2D eigenvalue weighted by Gasteiger charge is 2.18. The Morgan fingerprint density at radius 1 is 1.29 bits per heavy atom. The molecule has 1 aromatic rings. The van der Waals surface area contributed by atoms with Crippen molar-refractivity contribution in [3.63, 3.8) is 0 Å². The summed E-state index contributed by atoms with van der Waals surface area (Å²) in [5.41, 5.74) is 0.453. The first-order valence-electron chi connectivity index (χ1n) is 4.95. The van der Waals surface area contributed by atoms with E-state index in [0.717, 1.165) is 25.9 Å². The second-order valence-electron chi connectivity index (χ2n) is 3.46. The summed E-state index contributed by atoms with van der Waals surface area (Å²) in [6.07, 6.45) is 5.01. The molecule has 0 spiro atoms. The van der Waals surface area contributed by atoms with E-state index in [1.165, 1.54) is 6.42 Å². The maximum atomic E-state index is 11.8. The van der Waals surface area contributed by atoms with Crippen LogP contribution in [0.25, 0.3) is 0 Å². The molecule has 0 atom stereocenters. The summed E-state index contributed by atoms with van der Waals surface area (Å²) in [4.78, 5) is 13.7. The van der Waals surface area contributed by atoms with E-state index in [-0.39, 0.29) is 5.91 Å². The number of aromatic nitrogens is 2. The Kier molecular flexibility index (Phi) is 2.72. The summed E-state index contributed by atoms with van der Waals surface area (Å²) >= 11 is 0. The van der Waals surface area contributed by atoms with Gasteiger partial charge in [-0.1, -0.05) is 0 Å². The van der Waals surface area contributed by atoms with Gasteiger partial charge in [0.05, 0.1) is 0 Å². The minimum absolute atomic E-state index is 0.0119. The van der Waals surface area contributed by atoms with Crippen LogP contribution in [0, 0.1) is 0 Å². The molecule has 0 aliphatic carbocycles. The van der Waals surface area contributed by atoms with E-state index in [1.807, 2.05) is 4.90 Å². The molecule has 1 aliphatic rings. The zero-order chi connectivity index (χ0) is 9.80. The molecular formula is C10H13N3O. The van der Waals surface area contributed by atoms with Gasteiger partial charge in [0, 0.05) is 19.3 Å².